The van der Waals surface area contributed by atoms with Gasteiger partial charge in [-0.25, -0.2) is 0 Å². The van der Waals surface area contributed by atoms with Gasteiger partial charge >= 0.3 is 130 Å². The van der Waals surface area contributed by atoms with Crippen molar-refractivity contribution in [3.8, 4) is 0 Å². The van der Waals surface area contributed by atoms with Crippen LogP contribution in [0, 0.1) is 0 Å². The van der Waals surface area contributed by atoms with Crippen molar-refractivity contribution >= 4 is 86.4 Å². The minimum atomic E-state index is -0.228. The first-order valence-electron chi connectivity index (χ1n) is 2.49. The summed E-state index contributed by atoms with van der Waals surface area (Å²) in [4.78, 5) is 4.36. The van der Waals surface area contributed by atoms with E-state index in [-0.39, 0.29) is 89.6 Å². The standard InChI is InChI=1S/C3H3As.C3H2As.2Bi.2ClH.Zr.2H/c2*1-3-4-2;;;;;;;/h1-3H;1,3H;;;2*1H;;;/q2*-1;;;;;+4;;/p-2. The molecular formula is C6H7As2Bi2Cl2Zr. The summed E-state index contributed by atoms with van der Waals surface area (Å²) in [6.45, 7) is 0. The molecular weight excluding hydrogens is 802 g/mol. The van der Waals surface area contributed by atoms with Crippen LogP contribution in [0.25, 0.3) is 0 Å². The SMILES string of the molecule is [C-]1=[As]C=[CH][BiH]1.[CH-]=[As]C=[CH][BiH].[Cl-].[Cl-].[Zr+4]. The quantitative estimate of drug-likeness (QED) is 0.183. The minimum absolute atomic E-state index is 0. The molecule has 0 saturated carbocycles. The number of halogens is 2. The summed E-state index contributed by atoms with van der Waals surface area (Å²) in [6.07, 6.45) is 0. The van der Waals surface area contributed by atoms with Crippen molar-refractivity contribution in [2.45, 2.75) is 0 Å². The van der Waals surface area contributed by atoms with E-state index in [0.717, 1.165) is 24.7 Å². The van der Waals surface area contributed by atoms with Gasteiger partial charge in [0.2, 0.25) is 0 Å². The molecule has 0 N–H and O–H groups in total. The van der Waals surface area contributed by atoms with Crippen LogP contribution >= 0.6 is 0 Å². The fourth-order valence-corrected chi connectivity index (χ4v) is 10.5. The molecule has 7 heteroatoms. The fraction of sp³-hybridized carbons (Fsp3) is 0. The Bertz CT molecular complexity index is 161. The van der Waals surface area contributed by atoms with E-state index in [4.69, 9.17) is 5.31 Å². The second-order valence-corrected chi connectivity index (χ2v) is 12.3. The summed E-state index contributed by atoms with van der Waals surface area (Å²) in [7, 11) is 0. The second-order valence-electron chi connectivity index (χ2n) is 1.17. The van der Waals surface area contributed by atoms with E-state index < -0.39 is 0 Å². The first kappa shape index (κ1) is 25.4. The normalized spacial score (nSPS) is 12.1. The van der Waals surface area contributed by atoms with E-state index in [2.05, 4.69) is 19.8 Å². The molecule has 0 aromatic heterocycles. The largest absolute Gasteiger partial charge is 4.00 e. The molecule has 1 aliphatic rings. The monoisotopic (exact) mass is 807 g/mol. The van der Waals surface area contributed by atoms with Gasteiger partial charge in [-0.05, 0) is 0 Å². The molecule has 1 heterocycles. The van der Waals surface area contributed by atoms with Gasteiger partial charge < -0.3 is 24.8 Å². The molecule has 0 amide bonds. The molecule has 1 aliphatic heterocycles. The molecule has 13 heavy (non-hydrogen) atoms. The minimum Gasteiger partial charge on any atom is -1.00 e. The third-order valence-electron chi connectivity index (χ3n) is 0.522. The Morgan fingerprint density at radius 1 is 1.54 bits per heavy atom. The predicted molar refractivity (Wildman–Crippen MR) is 55.2 cm³/mol. The Morgan fingerprint density at radius 3 is 2.23 bits per heavy atom. The molecule has 0 nitrogen and oxygen atoms in total. The third kappa shape index (κ3) is 25.7. The van der Waals surface area contributed by atoms with E-state index in [1.165, 1.54) is 0 Å². The molecule has 1 rings (SSSR count). The van der Waals surface area contributed by atoms with Gasteiger partial charge in [0.1, 0.15) is 0 Å². The molecule has 69 valence electrons. The van der Waals surface area contributed by atoms with Crippen molar-refractivity contribution in [2.75, 3.05) is 0 Å². The van der Waals surface area contributed by atoms with E-state index >= 15 is 0 Å². The molecule has 0 aromatic carbocycles. The number of rotatable bonds is 1. The second kappa shape index (κ2) is 24.7. The van der Waals surface area contributed by atoms with Crippen LogP contribution in [-0.2, 0) is 26.2 Å². The van der Waals surface area contributed by atoms with E-state index in [1.54, 1.807) is 0 Å². The Morgan fingerprint density at radius 2 is 2.15 bits per heavy atom. The Hall–Kier alpha value is 3.57. The van der Waals surface area contributed by atoms with E-state index in [1.807, 2.05) is 0 Å². The maximum atomic E-state index is 5.17. The van der Waals surface area contributed by atoms with E-state index in [0.29, 0.717) is 15.3 Å². The van der Waals surface area contributed by atoms with Crippen LogP contribution in [0.15, 0.2) is 17.3 Å². The maximum absolute atomic E-state index is 5.17. The van der Waals surface area contributed by atoms with Crippen molar-refractivity contribution in [1.29, 1.82) is 0 Å². The molecule has 0 atom stereocenters. The van der Waals surface area contributed by atoms with Gasteiger partial charge in [0, 0.05) is 0 Å². The smallest absolute Gasteiger partial charge is 1.00 e. The van der Waals surface area contributed by atoms with E-state index in [9.17, 15) is 0 Å². The number of hydrogen-bond acceptors (Lipinski definition) is 0. The summed E-state index contributed by atoms with van der Waals surface area (Å²) in [5.41, 5.74) is 0. The first-order chi connectivity index (χ1) is 4.91. The molecule has 0 aromatic rings. The summed E-state index contributed by atoms with van der Waals surface area (Å²) in [5.74, 6) is 0. The van der Waals surface area contributed by atoms with Crippen LogP contribution in [0.5, 0.6) is 0 Å². The van der Waals surface area contributed by atoms with Gasteiger partial charge in [0.05, 0.1) is 0 Å². The Labute approximate surface area is 151 Å². The average Bonchev–Trinajstić information content (AvgIpc) is 2.44. The van der Waals surface area contributed by atoms with Gasteiger partial charge in [-0.1, -0.05) is 0 Å². The van der Waals surface area contributed by atoms with Crippen molar-refractivity contribution < 1.29 is 51.0 Å². The first-order valence-corrected chi connectivity index (χ1v) is 13.1. The maximum Gasteiger partial charge on any atom is 4.00 e. The Balaban J connectivity index is -0.0000000506. The van der Waals surface area contributed by atoms with Gasteiger partial charge in [-0.3, -0.25) is 0 Å². The number of hydrogen-bond donors (Lipinski definition) is 0. The van der Waals surface area contributed by atoms with Gasteiger partial charge in [-0.15, -0.1) is 0 Å². The van der Waals surface area contributed by atoms with Crippen molar-refractivity contribution in [1.82, 2.24) is 0 Å². The van der Waals surface area contributed by atoms with Crippen LogP contribution < -0.4 is 24.8 Å². The molecule has 1 radical (unpaired) electrons. The summed E-state index contributed by atoms with van der Waals surface area (Å²) in [6, 6.07) is 0. The third-order valence-corrected chi connectivity index (χ3v) is 14.2. The average molecular weight is 809 g/mol. The zero-order chi connectivity index (χ0) is 7.66. The summed E-state index contributed by atoms with van der Waals surface area (Å²) in [5, 5.41) is 5.17. The van der Waals surface area contributed by atoms with Crippen LogP contribution in [0.4, 0.5) is 0 Å². The predicted octanol–water partition coefficient (Wildman–Crippen LogP) is -7.37. The zero-order valence-electron chi connectivity index (χ0n) is 6.54. The van der Waals surface area contributed by atoms with Gasteiger partial charge in [0.25, 0.3) is 0 Å². The summed E-state index contributed by atoms with van der Waals surface area (Å²) < 4.78 is 7.87. The molecule has 0 aliphatic carbocycles. The van der Waals surface area contributed by atoms with Crippen LogP contribution in [0.1, 0.15) is 0 Å². The van der Waals surface area contributed by atoms with Crippen LogP contribution in [0.3, 0.4) is 0 Å². The van der Waals surface area contributed by atoms with Crippen molar-refractivity contribution in [3.05, 3.63) is 17.3 Å². The molecule has 0 fully saturated rings. The topological polar surface area (TPSA) is 0 Å². The molecule has 0 unspecified atom stereocenters. The van der Waals surface area contributed by atoms with Crippen LogP contribution in [-0.4, -0.2) is 86.4 Å². The fourth-order valence-electron chi connectivity index (χ4n) is 0.229. The van der Waals surface area contributed by atoms with Crippen molar-refractivity contribution in [2.24, 2.45) is 0 Å². The molecule has 0 saturated heterocycles. The summed E-state index contributed by atoms with van der Waals surface area (Å²) >= 11 is 1.51. The zero-order valence-corrected chi connectivity index (χ0v) is 22.0. The van der Waals surface area contributed by atoms with Gasteiger partial charge in [0.15, 0.2) is 0 Å². The Kier molecular flexibility index (Phi) is 48.3. The van der Waals surface area contributed by atoms with Gasteiger partial charge in [-0.2, -0.15) is 0 Å². The van der Waals surface area contributed by atoms with Crippen molar-refractivity contribution in [3.63, 3.8) is 0 Å². The molecule has 0 spiro atoms. The molecule has 0 bridgehead atoms. The van der Waals surface area contributed by atoms with Crippen LogP contribution in [0.2, 0.25) is 0 Å².